The van der Waals surface area contributed by atoms with Gasteiger partial charge in [0.05, 0.1) is 13.7 Å². The molecule has 1 amide bonds. The van der Waals surface area contributed by atoms with Gasteiger partial charge in [0.15, 0.2) is 0 Å². The van der Waals surface area contributed by atoms with Gasteiger partial charge in [-0.1, -0.05) is 12.1 Å². The van der Waals surface area contributed by atoms with Crippen LogP contribution in [0.4, 0.5) is 10.5 Å². The number of thiocarbonyl (C=S) groups is 1. The van der Waals surface area contributed by atoms with Crippen LogP contribution in [0.3, 0.4) is 0 Å². The van der Waals surface area contributed by atoms with Gasteiger partial charge in [-0.2, -0.15) is 0 Å². The maximum Gasteiger partial charge on any atom is 0.414 e. The summed E-state index contributed by atoms with van der Waals surface area (Å²) in [5.41, 5.74) is 2.99. The van der Waals surface area contributed by atoms with Gasteiger partial charge >= 0.3 is 6.09 Å². The predicted octanol–water partition coefficient (Wildman–Crippen LogP) is 2.98. The second kappa shape index (κ2) is 7.94. The minimum Gasteiger partial charge on any atom is -0.474 e. The number of pyridine rings is 1. The molecule has 25 heavy (non-hydrogen) atoms. The number of carbonyl (C=O) groups is 1. The Morgan fingerprint density at radius 3 is 2.64 bits per heavy atom. The smallest absolute Gasteiger partial charge is 0.414 e. The Morgan fingerprint density at radius 1 is 1.28 bits per heavy atom. The van der Waals surface area contributed by atoms with Crippen molar-refractivity contribution in [2.75, 3.05) is 25.1 Å². The molecule has 1 unspecified atom stereocenters. The van der Waals surface area contributed by atoms with Crippen LogP contribution >= 0.6 is 12.2 Å². The molecule has 130 valence electrons. The first-order chi connectivity index (χ1) is 12.2. The van der Waals surface area contributed by atoms with E-state index in [0.717, 1.165) is 16.8 Å². The molecular weight excluding hydrogens is 338 g/mol. The molecule has 1 N–H and O–H groups in total. The topological polar surface area (TPSA) is 63.7 Å². The van der Waals surface area contributed by atoms with E-state index in [1.54, 1.807) is 17.3 Å². The Balaban J connectivity index is 1.60. The van der Waals surface area contributed by atoms with Crippen LogP contribution in [0.5, 0.6) is 0 Å². The molecule has 2 aromatic rings. The van der Waals surface area contributed by atoms with Crippen LogP contribution in [-0.2, 0) is 9.47 Å². The number of benzene rings is 1. The maximum absolute atomic E-state index is 12.1. The van der Waals surface area contributed by atoms with Crippen LogP contribution in [0.15, 0.2) is 48.8 Å². The van der Waals surface area contributed by atoms with Crippen molar-refractivity contribution in [3.63, 3.8) is 0 Å². The van der Waals surface area contributed by atoms with E-state index in [2.05, 4.69) is 10.3 Å². The van der Waals surface area contributed by atoms with Gasteiger partial charge in [-0.25, -0.2) is 4.79 Å². The van der Waals surface area contributed by atoms with E-state index in [4.69, 9.17) is 21.7 Å². The summed E-state index contributed by atoms with van der Waals surface area (Å²) in [4.78, 5) is 17.8. The monoisotopic (exact) mass is 357 g/mol. The Hall–Kier alpha value is -2.67. The van der Waals surface area contributed by atoms with E-state index >= 15 is 0 Å². The van der Waals surface area contributed by atoms with Gasteiger partial charge in [0.1, 0.15) is 6.10 Å². The number of amides is 1. The molecule has 1 aromatic carbocycles. The van der Waals surface area contributed by atoms with E-state index < -0.39 is 0 Å². The van der Waals surface area contributed by atoms with Crippen molar-refractivity contribution >= 4 is 29.2 Å². The highest BCUT2D eigenvalue weighted by Crippen LogP contribution is 2.26. The zero-order valence-electron chi connectivity index (χ0n) is 13.8. The van der Waals surface area contributed by atoms with Crippen molar-refractivity contribution in [1.82, 2.24) is 10.3 Å². The van der Waals surface area contributed by atoms with Crippen LogP contribution in [-0.4, -0.2) is 42.6 Å². The van der Waals surface area contributed by atoms with E-state index in [9.17, 15) is 4.79 Å². The van der Waals surface area contributed by atoms with Crippen LogP contribution < -0.4 is 10.2 Å². The summed E-state index contributed by atoms with van der Waals surface area (Å²) in [6, 6.07) is 11.7. The highest BCUT2D eigenvalue weighted by Gasteiger charge is 2.31. The summed E-state index contributed by atoms with van der Waals surface area (Å²) >= 11 is 4.92. The molecule has 1 aliphatic rings. The molecule has 1 aromatic heterocycles. The normalized spacial score (nSPS) is 16.4. The predicted molar refractivity (Wildman–Crippen MR) is 99.5 cm³/mol. The molecule has 6 nitrogen and oxygen atoms in total. The fourth-order valence-electron chi connectivity index (χ4n) is 2.67. The molecule has 0 saturated carbocycles. The number of cyclic esters (lactones) is 1. The lowest BCUT2D eigenvalue weighted by Crippen LogP contribution is -2.28. The largest absolute Gasteiger partial charge is 0.474 e. The number of rotatable bonds is 5. The summed E-state index contributed by atoms with van der Waals surface area (Å²) in [5, 5.41) is 3.29. The lowest BCUT2D eigenvalue weighted by atomic mass is 10.1. The first-order valence-corrected chi connectivity index (χ1v) is 8.38. The number of hydrogen-bond acceptors (Lipinski definition) is 5. The fourth-order valence-corrected chi connectivity index (χ4v) is 2.77. The SMILES string of the molecule is COC(=S)NCCC1CN(c2ccc(-c3ccncc3)cc2)C(=O)O1. The Labute approximate surface area is 151 Å². The number of nitrogens with one attached hydrogen (secondary N) is 1. The highest BCUT2D eigenvalue weighted by atomic mass is 32.1. The number of hydrogen-bond donors (Lipinski definition) is 1. The summed E-state index contributed by atoms with van der Waals surface area (Å²) in [7, 11) is 1.52. The van der Waals surface area contributed by atoms with Crippen molar-refractivity contribution in [3.05, 3.63) is 48.8 Å². The zero-order chi connectivity index (χ0) is 17.6. The third kappa shape index (κ3) is 4.24. The van der Waals surface area contributed by atoms with Crippen molar-refractivity contribution in [3.8, 4) is 11.1 Å². The van der Waals surface area contributed by atoms with Crippen molar-refractivity contribution in [1.29, 1.82) is 0 Å². The molecule has 3 rings (SSSR count). The summed E-state index contributed by atoms with van der Waals surface area (Å²) in [6.07, 6.45) is 3.70. The molecule has 1 aliphatic heterocycles. The average molecular weight is 357 g/mol. The van der Waals surface area contributed by atoms with Gasteiger partial charge < -0.3 is 14.8 Å². The van der Waals surface area contributed by atoms with Crippen molar-refractivity contribution < 1.29 is 14.3 Å². The molecular formula is C18H19N3O3S. The molecule has 0 radical (unpaired) electrons. The lowest BCUT2D eigenvalue weighted by Gasteiger charge is -2.14. The summed E-state index contributed by atoms with van der Waals surface area (Å²) in [6.45, 7) is 1.12. The second-order valence-electron chi connectivity index (χ2n) is 5.61. The summed E-state index contributed by atoms with van der Waals surface area (Å²) < 4.78 is 10.3. The van der Waals surface area contributed by atoms with Gasteiger partial charge in [0.25, 0.3) is 5.17 Å². The quantitative estimate of drug-likeness (QED) is 0.830. The molecule has 1 saturated heterocycles. The Bertz CT molecular complexity index is 737. The lowest BCUT2D eigenvalue weighted by molar-refractivity contribution is 0.137. The minimum absolute atomic E-state index is 0.167. The van der Waals surface area contributed by atoms with Crippen LogP contribution in [0.1, 0.15) is 6.42 Å². The van der Waals surface area contributed by atoms with Crippen LogP contribution in [0.2, 0.25) is 0 Å². The fraction of sp³-hybridized carbons (Fsp3) is 0.278. The van der Waals surface area contributed by atoms with Gasteiger partial charge in [-0.05, 0) is 47.6 Å². The van der Waals surface area contributed by atoms with Gasteiger partial charge in [-0.15, -0.1) is 0 Å². The van der Waals surface area contributed by atoms with Crippen molar-refractivity contribution in [2.45, 2.75) is 12.5 Å². The number of carbonyl (C=O) groups excluding carboxylic acids is 1. The standard InChI is InChI=1S/C18H19N3O3S/c1-23-17(25)20-11-8-16-12-21(18(22)24-16)15-4-2-13(3-5-15)14-6-9-19-10-7-14/h2-7,9-10,16H,8,11-12H2,1H3,(H,20,25). The van der Waals surface area contributed by atoms with Crippen LogP contribution in [0.25, 0.3) is 11.1 Å². The first-order valence-electron chi connectivity index (χ1n) is 7.98. The number of aromatic nitrogens is 1. The van der Waals surface area contributed by atoms with Gasteiger partial charge in [0, 0.05) is 31.0 Å². The highest BCUT2D eigenvalue weighted by molar-refractivity contribution is 7.80. The molecule has 2 heterocycles. The molecule has 0 aliphatic carbocycles. The number of methoxy groups -OCH3 is 1. The third-order valence-electron chi connectivity index (χ3n) is 3.99. The van der Waals surface area contributed by atoms with Crippen molar-refractivity contribution in [2.24, 2.45) is 0 Å². The summed E-state index contributed by atoms with van der Waals surface area (Å²) in [5.74, 6) is 0. The van der Waals surface area contributed by atoms with E-state index in [-0.39, 0.29) is 12.2 Å². The molecule has 7 heteroatoms. The second-order valence-corrected chi connectivity index (χ2v) is 5.98. The molecule has 0 bridgehead atoms. The number of ether oxygens (including phenoxy) is 2. The maximum atomic E-state index is 12.1. The van der Waals surface area contributed by atoms with Gasteiger partial charge in [0.2, 0.25) is 0 Å². The third-order valence-corrected chi connectivity index (χ3v) is 4.30. The number of anilines is 1. The molecule has 0 spiro atoms. The molecule has 1 atom stereocenters. The van der Waals surface area contributed by atoms with Crippen LogP contribution in [0, 0.1) is 0 Å². The minimum atomic E-state index is -0.323. The molecule has 1 fully saturated rings. The number of nitrogens with zero attached hydrogens (tertiary/aromatic N) is 2. The average Bonchev–Trinajstić information content (AvgIpc) is 3.03. The Morgan fingerprint density at radius 2 is 1.96 bits per heavy atom. The Kier molecular flexibility index (Phi) is 5.45. The first kappa shape index (κ1) is 17.2. The van der Waals surface area contributed by atoms with E-state index in [0.29, 0.717) is 24.7 Å². The zero-order valence-corrected chi connectivity index (χ0v) is 14.7. The van der Waals surface area contributed by atoms with E-state index in [1.807, 2.05) is 36.4 Å². The van der Waals surface area contributed by atoms with Gasteiger partial charge in [-0.3, -0.25) is 9.88 Å². The van der Waals surface area contributed by atoms with E-state index in [1.165, 1.54) is 7.11 Å².